The number of carbonyl (C=O) groups excluding carboxylic acids is 3. The molecule has 1 atom stereocenters. The zero-order valence-electron chi connectivity index (χ0n) is 18.8. The molecule has 0 aromatic heterocycles. The van der Waals surface area contributed by atoms with Crippen LogP contribution >= 0.6 is 0 Å². The molecular formula is C25H28N4O5. The van der Waals surface area contributed by atoms with Crippen LogP contribution in [0, 0.1) is 11.8 Å². The fourth-order valence-corrected chi connectivity index (χ4v) is 3.27. The molecule has 34 heavy (non-hydrogen) atoms. The minimum Gasteiger partial charge on any atom is -0.388 e. The van der Waals surface area contributed by atoms with Gasteiger partial charge in [-0.2, -0.15) is 0 Å². The van der Waals surface area contributed by atoms with E-state index >= 15 is 0 Å². The number of rotatable bonds is 8. The summed E-state index contributed by atoms with van der Waals surface area (Å²) in [5.41, 5.74) is 8.02. The summed E-state index contributed by atoms with van der Waals surface area (Å²) in [7, 11) is 0. The summed E-state index contributed by atoms with van der Waals surface area (Å²) < 4.78 is 5.29. The van der Waals surface area contributed by atoms with E-state index in [2.05, 4.69) is 27.4 Å². The van der Waals surface area contributed by atoms with Crippen molar-refractivity contribution >= 4 is 23.3 Å². The number of hydrogen-bond donors (Lipinski definition) is 4. The van der Waals surface area contributed by atoms with Crippen LogP contribution in [0.25, 0.3) is 0 Å². The highest BCUT2D eigenvalue weighted by atomic mass is 16.5. The number of nitrogens with one attached hydrogen (secondary N) is 2. The van der Waals surface area contributed by atoms with Gasteiger partial charge in [0.2, 0.25) is 5.91 Å². The number of amides is 2. The Morgan fingerprint density at radius 2 is 1.59 bits per heavy atom. The number of Topliss-reactive ketones (excluding diaryl/α,β-unsaturated/α-hetero) is 1. The minimum atomic E-state index is -0.927. The van der Waals surface area contributed by atoms with Gasteiger partial charge in [0.1, 0.15) is 12.6 Å². The number of anilines is 1. The van der Waals surface area contributed by atoms with Gasteiger partial charge in [-0.1, -0.05) is 11.8 Å². The molecular weight excluding hydrogens is 436 g/mol. The molecule has 0 bridgehead atoms. The Balaban J connectivity index is 1.53. The van der Waals surface area contributed by atoms with Gasteiger partial charge in [0, 0.05) is 42.0 Å². The molecule has 1 saturated heterocycles. The van der Waals surface area contributed by atoms with E-state index in [9.17, 15) is 14.4 Å². The summed E-state index contributed by atoms with van der Waals surface area (Å²) in [5, 5.41) is 14.3. The molecule has 2 aromatic carbocycles. The zero-order valence-corrected chi connectivity index (χ0v) is 18.8. The lowest BCUT2D eigenvalue weighted by Gasteiger charge is -2.25. The van der Waals surface area contributed by atoms with Crippen molar-refractivity contribution in [1.29, 1.82) is 0 Å². The van der Waals surface area contributed by atoms with Crippen molar-refractivity contribution in [3.8, 4) is 11.8 Å². The molecule has 2 amide bonds. The Hall–Kier alpha value is -3.55. The first-order valence-corrected chi connectivity index (χ1v) is 10.9. The average Bonchev–Trinajstić information content (AvgIpc) is 2.87. The van der Waals surface area contributed by atoms with Gasteiger partial charge in [-0.3, -0.25) is 19.3 Å². The van der Waals surface area contributed by atoms with Crippen LogP contribution in [0.5, 0.6) is 0 Å². The predicted octanol–water partition coefficient (Wildman–Crippen LogP) is -0.0244. The van der Waals surface area contributed by atoms with Crippen LogP contribution in [0.3, 0.4) is 0 Å². The van der Waals surface area contributed by atoms with Gasteiger partial charge in [0.15, 0.2) is 5.78 Å². The number of benzene rings is 2. The molecule has 9 heteroatoms. The lowest BCUT2D eigenvalue weighted by molar-refractivity contribution is -0.123. The molecule has 178 valence electrons. The van der Waals surface area contributed by atoms with Crippen LogP contribution in [0.4, 0.5) is 5.69 Å². The number of carbonyl (C=O) groups is 3. The van der Waals surface area contributed by atoms with Gasteiger partial charge in [-0.05, 0) is 48.5 Å². The first-order valence-electron chi connectivity index (χ1n) is 10.9. The predicted molar refractivity (Wildman–Crippen MR) is 127 cm³/mol. The van der Waals surface area contributed by atoms with Crippen molar-refractivity contribution in [3.05, 3.63) is 65.2 Å². The second kappa shape index (κ2) is 12.6. The van der Waals surface area contributed by atoms with Gasteiger partial charge in [0.05, 0.1) is 19.8 Å². The largest absolute Gasteiger partial charge is 0.388 e. The van der Waals surface area contributed by atoms with Crippen LogP contribution in [-0.4, -0.2) is 79.6 Å². The summed E-state index contributed by atoms with van der Waals surface area (Å²) in [4.78, 5) is 38.1. The Morgan fingerprint density at radius 3 is 2.15 bits per heavy atom. The number of nitrogens with two attached hydrogens (primary N) is 1. The van der Waals surface area contributed by atoms with Crippen LogP contribution in [0.15, 0.2) is 48.5 Å². The molecule has 9 nitrogen and oxygen atoms in total. The molecule has 3 rings (SSSR count). The Kier molecular flexibility index (Phi) is 9.31. The van der Waals surface area contributed by atoms with Crippen LogP contribution < -0.4 is 16.4 Å². The fourth-order valence-electron chi connectivity index (χ4n) is 3.27. The van der Waals surface area contributed by atoms with Gasteiger partial charge < -0.3 is 26.2 Å². The molecule has 2 aromatic rings. The standard InChI is InChI=1S/C25H28N4O5/c26-15-22(23(31)17-30)28-25(33)20-7-3-18(4-8-20)1-2-19-5-9-21(10-6-19)27-24(32)16-29-11-13-34-14-12-29/h3-10,22,30H,11-17,26H2,(H,27,32)(H,28,33)/t22-/m0/s1. The van der Waals surface area contributed by atoms with E-state index in [0.29, 0.717) is 36.6 Å². The quantitative estimate of drug-likeness (QED) is 0.403. The highest BCUT2D eigenvalue weighted by molar-refractivity contribution is 5.98. The summed E-state index contributed by atoms with van der Waals surface area (Å²) in [6.45, 7) is 2.37. The van der Waals surface area contributed by atoms with Gasteiger partial charge in [-0.15, -0.1) is 0 Å². The van der Waals surface area contributed by atoms with Crippen molar-refractivity contribution < 1.29 is 24.2 Å². The van der Waals surface area contributed by atoms with Crippen LogP contribution in [0.1, 0.15) is 21.5 Å². The third-order valence-electron chi connectivity index (χ3n) is 5.22. The topological polar surface area (TPSA) is 134 Å². The van der Waals surface area contributed by atoms with E-state index in [1.165, 1.54) is 0 Å². The number of aliphatic hydroxyl groups is 1. The summed E-state index contributed by atoms with van der Waals surface area (Å²) in [6, 6.07) is 12.9. The SMILES string of the molecule is NC[C@H](NC(=O)c1ccc(C#Cc2ccc(NC(=O)CN3CCOCC3)cc2)cc1)C(=O)CO. The first kappa shape index (κ1) is 25.1. The smallest absolute Gasteiger partial charge is 0.251 e. The molecule has 1 aliphatic heterocycles. The molecule has 0 radical (unpaired) electrons. The maximum Gasteiger partial charge on any atom is 0.251 e. The fraction of sp³-hybridized carbons (Fsp3) is 0.320. The molecule has 0 unspecified atom stereocenters. The molecule has 1 heterocycles. The molecule has 1 aliphatic rings. The molecule has 0 aliphatic carbocycles. The number of ketones is 1. The van der Waals surface area contributed by atoms with E-state index in [0.717, 1.165) is 18.7 Å². The van der Waals surface area contributed by atoms with Crippen LogP contribution in [0.2, 0.25) is 0 Å². The zero-order chi connectivity index (χ0) is 24.3. The van der Waals surface area contributed by atoms with E-state index in [1.807, 2.05) is 12.1 Å². The average molecular weight is 465 g/mol. The molecule has 5 N–H and O–H groups in total. The Bertz CT molecular complexity index is 1050. The van der Waals surface area contributed by atoms with E-state index in [1.54, 1.807) is 36.4 Å². The number of hydrogen-bond acceptors (Lipinski definition) is 7. The summed E-state index contributed by atoms with van der Waals surface area (Å²) in [6.07, 6.45) is 0. The normalized spacial score (nSPS) is 14.4. The minimum absolute atomic E-state index is 0.0663. The maximum absolute atomic E-state index is 12.3. The number of aliphatic hydroxyl groups excluding tert-OH is 1. The van der Waals surface area contributed by atoms with Gasteiger partial charge in [-0.25, -0.2) is 0 Å². The molecule has 0 saturated carbocycles. The highest BCUT2D eigenvalue weighted by Crippen LogP contribution is 2.10. The third-order valence-corrected chi connectivity index (χ3v) is 5.22. The molecule has 0 spiro atoms. The van der Waals surface area contributed by atoms with E-state index < -0.39 is 24.3 Å². The summed E-state index contributed by atoms with van der Waals surface area (Å²) in [5.74, 6) is 5.01. The Morgan fingerprint density at radius 1 is 1.00 bits per heavy atom. The monoisotopic (exact) mass is 464 g/mol. The van der Waals surface area contributed by atoms with Crippen LogP contribution in [-0.2, 0) is 14.3 Å². The number of ether oxygens (including phenoxy) is 1. The van der Waals surface area contributed by atoms with Crippen molar-refractivity contribution in [2.24, 2.45) is 5.73 Å². The number of morpholine rings is 1. The van der Waals surface area contributed by atoms with Crippen molar-refractivity contribution in [2.45, 2.75) is 6.04 Å². The number of nitrogens with zero attached hydrogens (tertiary/aromatic N) is 1. The van der Waals surface area contributed by atoms with Crippen molar-refractivity contribution in [1.82, 2.24) is 10.2 Å². The lowest BCUT2D eigenvalue weighted by atomic mass is 10.1. The summed E-state index contributed by atoms with van der Waals surface area (Å²) >= 11 is 0. The van der Waals surface area contributed by atoms with Gasteiger partial charge >= 0.3 is 0 Å². The van der Waals surface area contributed by atoms with Gasteiger partial charge in [0.25, 0.3) is 5.91 Å². The molecule has 1 fully saturated rings. The third kappa shape index (κ3) is 7.50. The Labute approximate surface area is 198 Å². The second-order valence-electron chi connectivity index (χ2n) is 7.73. The van der Waals surface area contributed by atoms with Crippen molar-refractivity contribution in [3.63, 3.8) is 0 Å². The highest BCUT2D eigenvalue weighted by Gasteiger charge is 2.19. The maximum atomic E-state index is 12.3. The van der Waals surface area contributed by atoms with E-state index in [4.69, 9.17) is 15.6 Å². The first-order chi connectivity index (χ1) is 16.5. The van der Waals surface area contributed by atoms with Crippen molar-refractivity contribution in [2.75, 3.05) is 51.3 Å². The lowest BCUT2D eigenvalue weighted by Crippen LogP contribution is -2.46. The second-order valence-corrected chi connectivity index (χ2v) is 7.73. The van der Waals surface area contributed by atoms with E-state index in [-0.39, 0.29) is 12.5 Å².